The minimum absolute atomic E-state index is 0.0983. The van der Waals surface area contributed by atoms with Crippen molar-refractivity contribution in [2.24, 2.45) is 0 Å². The van der Waals surface area contributed by atoms with E-state index in [1.807, 2.05) is 12.1 Å². The Morgan fingerprint density at radius 2 is 1.90 bits per heavy atom. The summed E-state index contributed by atoms with van der Waals surface area (Å²) in [7, 11) is -3.49. The van der Waals surface area contributed by atoms with Gasteiger partial charge in [-0.25, -0.2) is 17.8 Å². The van der Waals surface area contributed by atoms with Gasteiger partial charge in [0.05, 0.1) is 15.1 Å². The Balaban J connectivity index is 1.39. The molecule has 1 fully saturated rings. The molecule has 0 atom stereocenters. The van der Waals surface area contributed by atoms with E-state index in [4.69, 9.17) is 4.74 Å². The van der Waals surface area contributed by atoms with Gasteiger partial charge < -0.3 is 4.74 Å². The number of aromatic nitrogens is 1. The molecule has 0 amide bonds. The Kier molecular flexibility index (Phi) is 5.85. The van der Waals surface area contributed by atoms with Crippen molar-refractivity contribution in [1.29, 1.82) is 0 Å². The first-order valence-corrected chi connectivity index (χ1v) is 12.0. The maximum atomic E-state index is 13.3. The van der Waals surface area contributed by atoms with Gasteiger partial charge in [0.1, 0.15) is 11.9 Å². The van der Waals surface area contributed by atoms with Crippen LogP contribution in [0.2, 0.25) is 0 Å². The van der Waals surface area contributed by atoms with Crippen LogP contribution in [0, 0.1) is 5.82 Å². The van der Waals surface area contributed by atoms with E-state index in [2.05, 4.69) is 11.9 Å². The van der Waals surface area contributed by atoms with E-state index in [1.165, 1.54) is 27.8 Å². The van der Waals surface area contributed by atoms with Gasteiger partial charge in [-0.05, 0) is 55.2 Å². The molecule has 5 nitrogen and oxygen atoms in total. The second kappa shape index (κ2) is 8.38. The largest absolute Gasteiger partial charge is 0.467 e. The summed E-state index contributed by atoms with van der Waals surface area (Å²) in [4.78, 5) is 4.72. The summed E-state index contributed by atoms with van der Waals surface area (Å²) >= 11 is 1.31. The van der Waals surface area contributed by atoms with Crippen LogP contribution in [-0.4, -0.2) is 36.9 Å². The van der Waals surface area contributed by atoms with Crippen LogP contribution >= 0.6 is 11.3 Å². The monoisotopic (exact) mass is 434 g/mol. The van der Waals surface area contributed by atoms with Crippen LogP contribution in [0.1, 0.15) is 31.7 Å². The van der Waals surface area contributed by atoms with E-state index < -0.39 is 10.0 Å². The van der Waals surface area contributed by atoms with Crippen molar-refractivity contribution in [1.82, 2.24) is 9.29 Å². The third kappa shape index (κ3) is 4.44. The van der Waals surface area contributed by atoms with Gasteiger partial charge in [0.25, 0.3) is 5.19 Å². The molecule has 1 aromatic heterocycles. The molecule has 3 aromatic rings. The first-order valence-electron chi connectivity index (χ1n) is 9.77. The lowest BCUT2D eigenvalue weighted by atomic mass is 10.1. The number of benzene rings is 2. The van der Waals surface area contributed by atoms with E-state index in [1.54, 1.807) is 18.2 Å². The molecular formula is C21H23FN2O3S2. The molecule has 0 spiro atoms. The number of ether oxygens (including phenoxy) is 1. The van der Waals surface area contributed by atoms with Gasteiger partial charge in [-0.3, -0.25) is 0 Å². The highest BCUT2D eigenvalue weighted by Crippen LogP contribution is 2.31. The fraction of sp³-hybridized carbons (Fsp3) is 0.381. The third-order valence-corrected chi connectivity index (χ3v) is 7.92. The highest BCUT2D eigenvalue weighted by atomic mass is 32.2. The molecule has 4 rings (SSSR count). The summed E-state index contributed by atoms with van der Waals surface area (Å²) in [6.07, 6.45) is 3.07. The SMILES string of the molecule is CCCc1ccc(S(=O)(=O)N2CCC(Oc3nc4ccc(F)cc4s3)CC2)cc1. The van der Waals surface area contributed by atoms with Crippen LogP contribution in [0.3, 0.4) is 0 Å². The van der Waals surface area contributed by atoms with E-state index in [0.717, 1.165) is 23.1 Å². The molecule has 0 aliphatic carbocycles. The Bertz CT molecular complexity index is 1090. The van der Waals surface area contributed by atoms with Gasteiger partial charge >= 0.3 is 0 Å². The lowest BCUT2D eigenvalue weighted by Crippen LogP contribution is -2.41. The van der Waals surface area contributed by atoms with Crippen molar-refractivity contribution >= 4 is 31.6 Å². The Labute approximate surface area is 174 Å². The zero-order chi connectivity index (χ0) is 20.4. The predicted octanol–water partition coefficient (Wildman–Crippen LogP) is 4.62. The average Bonchev–Trinajstić information content (AvgIpc) is 3.10. The number of piperidine rings is 1. The molecule has 1 aliphatic heterocycles. The molecule has 0 bridgehead atoms. The summed E-state index contributed by atoms with van der Waals surface area (Å²) < 4.78 is 47.4. The minimum Gasteiger partial charge on any atom is -0.467 e. The first-order chi connectivity index (χ1) is 14.0. The molecule has 0 N–H and O–H groups in total. The minimum atomic E-state index is -3.49. The molecule has 154 valence electrons. The average molecular weight is 435 g/mol. The molecule has 1 aliphatic rings. The number of rotatable bonds is 6. The van der Waals surface area contributed by atoms with Crippen LogP contribution in [0.15, 0.2) is 47.4 Å². The topological polar surface area (TPSA) is 59.5 Å². The molecule has 0 radical (unpaired) electrons. The molecule has 2 heterocycles. The second-order valence-electron chi connectivity index (χ2n) is 7.21. The lowest BCUT2D eigenvalue weighted by molar-refractivity contribution is 0.135. The van der Waals surface area contributed by atoms with Crippen molar-refractivity contribution in [2.45, 2.75) is 43.6 Å². The van der Waals surface area contributed by atoms with Crippen molar-refractivity contribution in [2.75, 3.05) is 13.1 Å². The van der Waals surface area contributed by atoms with Gasteiger partial charge in [-0.15, -0.1) is 0 Å². The van der Waals surface area contributed by atoms with Crippen LogP contribution in [0.4, 0.5) is 4.39 Å². The number of fused-ring (bicyclic) bond motifs is 1. The summed E-state index contributed by atoms with van der Waals surface area (Å²) in [6.45, 7) is 2.91. The second-order valence-corrected chi connectivity index (χ2v) is 10.1. The quantitative estimate of drug-likeness (QED) is 0.568. The number of hydrogen-bond donors (Lipinski definition) is 0. The number of thiazole rings is 1. The normalized spacial score (nSPS) is 16.3. The molecule has 2 aromatic carbocycles. The highest BCUT2D eigenvalue weighted by molar-refractivity contribution is 7.89. The maximum Gasteiger partial charge on any atom is 0.274 e. The molecule has 1 saturated heterocycles. The molecule has 0 saturated carbocycles. The molecule has 29 heavy (non-hydrogen) atoms. The fourth-order valence-corrected chi connectivity index (χ4v) is 5.90. The van der Waals surface area contributed by atoms with Gasteiger partial charge in [0.2, 0.25) is 10.0 Å². The van der Waals surface area contributed by atoms with Crippen molar-refractivity contribution in [3.05, 3.63) is 53.8 Å². The number of hydrogen-bond acceptors (Lipinski definition) is 5. The van der Waals surface area contributed by atoms with Crippen LogP contribution < -0.4 is 4.74 Å². The summed E-state index contributed by atoms with van der Waals surface area (Å²) in [5.74, 6) is -0.297. The van der Waals surface area contributed by atoms with Gasteiger partial charge in [0.15, 0.2) is 0 Å². The highest BCUT2D eigenvalue weighted by Gasteiger charge is 2.30. The van der Waals surface area contributed by atoms with Crippen LogP contribution in [0.25, 0.3) is 10.2 Å². The number of nitrogens with zero attached hydrogens (tertiary/aromatic N) is 2. The summed E-state index contributed by atoms with van der Waals surface area (Å²) in [6, 6.07) is 11.6. The van der Waals surface area contributed by atoms with Crippen molar-refractivity contribution in [3.63, 3.8) is 0 Å². The van der Waals surface area contributed by atoms with E-state index >= 15 is 0 Å². The lowest BCUT2D eigenvalue weighted by Gasteiger charge is -2.30. The van der Waals surface area contributed by atoms with Gasteiger partial charge in [-0.1, -0.05) is 36.8 Å². The zero-order valence-corrected chi connectivity index (χ0v) is 17.8. The molecule has 0 unspecified atom stereocenters. The number of sulfonamides is 1. The van der Waals surface area contributed by atoms with Gasteiger partial charge in [-0.2, -0.15) is 4.31 Å². The smallest absolute Gasteiger partial charge is 0.274 e. The van der Waals surface area contributed by atoms with Crippen molar-refractivity contribution in [3.8, 4) is 5.19 Å². The summed E-state index contributed by atoms with van der Waals surface area (Å²) in [5, 5.41) is 0.499. The third-order valence-electron chi connectivity index (χ3n) is 5.10. The van der Waals surface area contributed by atoms with Crippen molar-refractivity contribution < 1.29 is 17.5 Å². The number of aryl methyl sites for hydroxylation is 1. The number of halogens is 1. The van der Waals surface area contributed by atoms with E-state index in [-0.39, 0.29) is 11.9 Å². The van der Waals surface area contributed by atoms with Gasteiger partial charge in [0, 0.05) is 13.1 Å². The summed E-state index contributed by atoms with van der Waals surface area (Å²) in [5.41, 5.74) is 1.85. The first kappa shape index (κ1) is 20.3. The van der Waals surface area contributed by atoms with Crippen LogP contribution in [-0.2, 0) is 16.4 Å². The molecular weight excluding hydrogens is 411 g/mol. The standard InChI is InChI=1S/C21H23FN2O3S2/c1-2-3-15-4-7-18(8-5-15)29(25,26)24-12-10-17(11-13-24)27-21-23-19-9-6-16(22)14-20(19)28-21/h4-9,14,17H,2-3,10-13H2,1H3. The Hall–Kier alpha value is -2.03. The maximum absolute atomic E-state index is 13.3. The van der Waals surface area contributed by atoms with E-state index in [0.29, 0.717) is 41.5 Å². The molecule has 8 heteroatoms. The van der Waals surface area contributed by atoms with Crippen LogP contribution in [0.5, 0.6) is 5.19 Å². The van der Waals surface area contributed by atoms with E-state index in [9.17, 15) is 12.8 Å². The fourth-order valence-electron chi connectivity index (χ4n) is 3.53. The zero-order valence-electron chi connectivity index (χ0n) is 16.2. The Morgan fingerprint density at radius 1 is 1.17 bits per heavy atom. The Morgan fingerprint density at radius 3 is 2.59 bits per heavy atom. The predicted molar refractivity (Wildman–Crippen MR) is 112 cm³/mol.